The van der Waals surface area contributed by atoms with Crippen molar-refractivity contribution < 1.29 is 19.4 Å². The maximum atomic E-state index is 13.0. The third-order valence-corrected chi connectivity index (χ3v) is 2.10. The number of hydrogen-bond donors (Lipinski definition) is 2. The van der Waals surface area contributed by atoms with Crippen LogP contribution in [0.3, 0.4) is 0 Å². The molecular weight excluding hydrogens is 203 g/mol. The molecule has 84 valence electrons. The summed E-state index contributed by atoms with van der Waals surface area (Å²) >= 11 is 0. The summed E-state index contributed by atoms with van der Waals surface area (Å²) in [6, 6.07) is 0. The molecule has 0 aliphatic rings. The van der Waals surface area contributed by atoms with Gasteiger partial charge in [0.05, 0.1) is 5.69 Å². The molecule has 0 amide bonds. The molecule has 1 heterocycles. The van der Waals surface area contributed by atoms with Crippen molar-refractivity contribution in [2.75, 3.05) is 0 Å². The summed E-state index contributed by atoms with van der Waals surface area (Å²) in [7, 11) is 1.63. The van der Waals surface area contributed by atoms with E-state index >= 15 is 0 Å². The highest BCUT2D eigenvalue weighted by molar-refractivity contribution is 5.73. The van der Waals surface area contributed by atoms with Gasteiger partial charge in [-0.3, -0.25) is 4.68 Å². The molecule has 0 saturated heterocycles. The average Bonchev–Trinajstić information content (AvgIpc) is 2.57. The number of rotatable bonds is 4. The minimum atomic E-state index is -2.32. The normalized spacial score (nSPS) is 14.9. The van der Waals surface area contributed by atoms with Gasteiger partial charge in [0.2, 0.25) is 6.17 Å². The zero-order valence-corrected chi connectivity index (χ0v) is 8.51. The Balaban J connectivity index is 2.99. The lowest BCUT2D eigenvalue weighted by atomic mass is 10.1. The molecule has 2 unspecified atom stereocenters. The molecule has 6 heteroatoms. The van der Waals surface area contributed by atoms with E-state index in [0.717, 1.165) is 0 Å². The van der Waals surface area contributed by atoms with Crippen LogP contribution in [0.5, 0.6) is 0 Å². The number of aryl methyl sites for hydroxylation is 2. The second kappa shape index (κ2) is 4.39. The fourth-order valence-electron chi connectivity index (χ4n) is 1.37. The maximum absolute atomic E-state index is 13.0. The second-order valence-corrected chi connectivity index (χ2v) is 3.24. The zero-order valence-electron chi connectivity index (χ0n) is 8.51. The zero-order chi connectivity index (χ0) is 11.6. The molecule has 1 aromatic rings. The van der Waals surface area contributed by atoms with Crippen LogP contribution in [0.1, 0.15) is 24.3 Å². The van der Waals surface area contributed by atoms with Crippen molar-refractivity contribution in [3.8, 4) is 0 Å². The van der Waals surface area contributed by atoms with Crippen molar-refractivity contribution in [3.05, 3.63) is 17.5 Å². The number of nitrogens with zero attached hydrogens (tertiary/aromatic N) is 2. The van der Waals surface area contributed by atoms with Crippen LogP contribution in [-0.2, 0) is 18.3 Å². The standard InChI is InChI=1S/C9H13FN2O3/c1-3-6-5(4-12(2)11-6)8(13)7(10)9(14)15/h4,7-8,13H,3H2,1-2H3,(H,14,15). The highest BCUT2D eigenvalue weighted by atomic mass is 19.1. The number of carboxylic acids is 1. The third-order valence-electron chi connectivity index (χ3n) is 2.10. The molecule has 0 aromatic carbocycles. The van der Waals surface area contributed by atoms with Gasteiger partial charge in [0, 0.05) is 18.8 Å². The summed E-state index contributed by atoms with van der Waals surface area (Å²) in [5.74, 6) is -1.67. The van der Waals surface area contributed by atoms with Gasteiger partial charge in [-0.05, 0) is 6.42 Å². The van der Waals surface area contributed by atoms with E-state index in [1.165, 1.54) is 10.9 Å². The lowest BCUT2D eigenvalue weighted by molar-refractivity contribution is -0.147. The maximum Gasteiger partial charge on any atom is 0.341 e. The Kier molecular flexibility index (Phi) is 3.41. The topological polar surface area (TPSA) is 75.3 Å². The van der Waals surface area contributed by atoms with E-state index in [1.54, 1.807) is 14.0 Å². The van der Waals surface area contributed by atoms with Gasteiger partial charge >= 0.3 is 5.97 Å². The predicted molar refractivity (Wildman–Crippen MR) is 50.1 cm³/mol. The quantitative estimate of drug-likeness (QED) is 0.765. The van der Waals surface area contributed by atoms with Gasteiger partial charge in [-0.15, -0.1) is 0 Å². The first kappa shape index (κ1) is 11.6. The molecule has 0 fully saturated rings. The first-order valence-electron chi connectivity index (χ1n) is 4.54. The van der Waals surface area contributed by atoms with E-state index < -0.39 is 18.2 Å². The Labute approximate surface area is 86.1 Å². The lowest BCUT2D eigenvalue weighted by Gasteiger charge is -2.11. The van der Waals surface area contributed by atoms with E-state index in [4.69, 9.17) is 5.11 Å². The van der Waals surface area contributed by atoms with Gasteiger partial charge in [-0.1, -0.05) is 6.92 Å². The number of aliphatic carboxylic acids is 1. The number of hydrogen-bond acceptors (Lipinski definition) is 3. The molecule has 0 spiro atoms. The van der Waals surface area contributed by atoms with Crippen LogP contribution in [0.25, 0.3) is 0 Å². The van der Waals surface area contributed by atoms with E-state index in [-0.39, 0.29) is 5.56 Å². The van der Waals surface area contributed by atoms with Crippen LogP contribution < -0.4 is 0 Å². The lowest BCUT2D eigenvalue weighted by Crippen LogP contribution is -2.23. The smallest absolute Gasteiger partial charge is 0.341 e. The molecule has 0 radical (unpaired) electrons. The van der Waals surface area contributed by atoms with Gasteiger partial charge < -0.3 is 10.2 Å². The van der Waals surface area contributed by atoms with Crippen molar-refractivity contribution in [2.24, 2.45) is 7.05 Å². The van der Waals surface area contributed by atoms with Crippen LogP contribution in [0.4, 0.5) is 4.39 Å². The van der Waals surface area contributed by atoms with Crippen LogP contribution >= 0.6 is 0 Å². The molecular formula is C9H13FN2O3. The van der Waals surface area contributed by atoms with Crippen LogP contribution in [0, 0.1) is 0 Å². The Morgan fingerprint density at radius 1 is 1.73 bits per heavy atom. The molecule has 0 aliphatic heterocycles. The number of halogens is 1. The summed E-state index contributed by atoms with van der Waals surface area (Å²) in [6.07, 6.45) is -2.04. The summed E-state index contributed by atoms with van der Waals surface area (Å²) < 4.78 is 14.5. The third kappa shape index (κ3) is 2.33. The molecule has 1 aromatic heterocycles. The van der Waals surface area contributed by atoms with E-state index in [1.807, 2.05) is 0 Å². The molecule has 0 saturated carbocycles. The first-order chi connectivity index (χ1) is 6.97. The molecule has 2 atom stereocenters. The number of aromatic nitrogens is 2. The molecule has 0 bridgehead atoms. The van der Waals surface area contributed by atoms with Crippen LogP contribution in [0.15, 0.2) is 6.20 Å². The van der Waals surface area contributed by atoms with Crippen molar-refractivity contribution in [1.82, 2.24) is 9.78 Å². The number of aliphatic hydroxyl groups excluding tert-OH is 1. The molecule has 5 nitrogen and oxygen atoms in total. The van der Waals surface area contributed by atoms with Crippen molar-refractivity contribution in [3.63, 3.8) is 0 Å². The van der Waals surface area contributed by atoms with E-state index in [0.29, 0.717) is 12.1 Å². The van der Waals surface area contributed by atoms with Crippen LogP contribution in [-0.4, -0.2) is 32.1 Å². The molecule has 2 N–H and O–H groups in total. The highest BCUT2D eigenvalue weighted by Crippen LogP contribution is 2.22. The Bertz CT molecular complexity index is 364. The summed E-state index contributed by atoms with van der Waals surface area (Å²) in [6.45, 7) is 1.80. The largest absolute Gasteiger partial charge is 0.479 e. The molecule has 1 rings (SSSR count). The summed E-state index contributed by atoms with van der Waals surface area (Å²) in [5, 5.41) is 21.9. The van der Waals surface area contributed by atoms with Gasteiger partial charge in [-0.25, -0.2) is 9.18 Å². The van der Waals surface area contributed by atoms with Crippen molar-refractivity contribution in [2.45, 2.75) is 25.6 Å². The Morgan fingerprint density at radius 3 is 2.80 bits per heavy atom. The van der Waals surface area contributed by atoms with Gasteiger partial charge in [0.25, 0.3) is 0 Å². The number of aliphatic hydroxyl groups is 1. The number of carboxylic acid groups (broad SMARTS) is 1. The van der Waals surface area contributed by atoms with Crippen LogP contribution in [0.2, 0.25) is 0 Å². The minimum Gasteiger partial charge on any atom is -0.479 e. The fraction of sp³-hybridized carbons (Fsp3) is 0.556. The average molecular weight is 216 g/mol. The van der Waals surface area contributed by atoms with E-state index in [9.17, 15) is 14.3 Å². The summed E-state index contributed by atoms with van der Waals surface area (Å²) in [4.78, 5) is 10.4. The van der Waals surface area contributed by atoms with Gasteiger partial charge in [0.15, 0.2) is 0 Å². The number of carbonyl (C=O) groups is 1. The van der Waals surface area contributed by atoms with Gasteiger partial charge in [-0.2, -0.15) is 5.10 Å². The van der Waals surface area contributed by atoms with E-state index in [2.05, 4.69) is 5.10 Å². The van der Waals surface area contributed by atoms with Gasteiger partial charge in [0.1, 0.15) is 6.10 Å². The first-order valence-corrected chi connectivity index (χ1v) is 4.54. The minimum absolute atomic E-state index is 0.231. The fourth-order valence-corrected chi connectivity index (χ4v) is 1.37. The molecule has 15 heavy (non-hydrogen) atoms. The highest BCUT2D eigenvalue weighted by Gasteiger charge is 2.30. The molecule has 0 aliphatic carbocycles. The monoisotopic (exact) mass is 216 g/mol. The predicted octanol–water partition coefficient (Wildman–Crippen LogP) is 0.439. The summed E-state index contributed by atoms with van der Waals surface area (Å²) in [5.41, 5.74) is 0.740. The second-order valence-electron chi connectivity index (χ2n) is 3.24. The van der Waals surface area contributed by atoms with Crippen molar-refractivity contribution >= 4 is 5.97 Å². The van der Waals surface area contributed by atoms with Crippen molar-refractivity contribution in [1.29, 1.82) is 0 Å². The Hall–Kier alpha value is -1.43. The number of alkyl halides is 1. The SMILES string of the molecule is CCc1nn(C)cc1C(O)C(F)C(=O)O. The Morgan fingerprint density at radius 2 is 2.33 bits per heavy atom.